The van der Waals surface area contributed by atoms with Crippen molar-refractivity contribution in [3.8, 4) is 5.69 Å². The lowest BCUT2D eigenvalue weighted by molar-refractivity contribution is -0.137. The summed E-state index contributed by atoms with van der Waals surface area (Å²) in [6.45, 7) is 9.16. The van der Waals surface area contributed by atoms with E-state index in [1.807, 2.05) is 30.3 Å². The molecule has 2 aliphatic rings. The molecule has 8 heteroatoms. The Bertz CT molecular complexity index is 823. The standard InChI is InChI=1S/C20H28N6O2/c1-15(2)10-24-11-16-12-25(14-20(16,13-24)9-8-18(27)28)19-21-22-23-26(19)17-6-4-3-5-7-17/h3-7,15-16H,8-14H2,1-2H3,(H,27,28). The number of aromatic nitrogens is 4. The van der Waals surface area contributed by atoms with Gasteiger partial charge in [-0.25, -0.2) is 0 Å². The van der Waals surface area contributed by atoms with E-state index in [0.29, 0.717) is 18.3 Å². The first kappa shape index (κ1) is 18.9. The average Bonchev–Trinajstić information content (AvgIpc) is 3.32. The number of fused-ring (bicyclic) bond motifs is 1. The summed E-state index contributed by atoms with van der Waals surface area (Å²) in [7, 11) is 0. The highest BCUT2D eigenvalue weighted by Gasteiger charge is 2.53. The second-order valence-electron chi connectivity index (χ2n) is 8.65. The van der Waals surface area contributed by atoms with Crippen LogP contribution < -0.4 is 4.90 Å². The van der Waals surface area contributed by atoms with Crippen LogP contribution in [0, 0.1) is 17.3 Å². The molecule has 150 valence electrons. The van der Waals surface area contributed by atoms with Gasteiger partial charge in [0.2, 0.25) is 5.95 Å². The molecule has 2 atom stereocenters. The van der Waals surface area contributed by atoms with Crippen LogP contribution >= 0.6 is 0 Å². The van der Waals surface area contributed by atoms with Gasteiger partial charge in [0.25, 0.3) is 0 Å². The van der Waals surface area contributed by atoms with E-state index in [4.69, 9.17) is 0 Å². The number of benzene rings is 1. The van der Waals surface area contributed by atoms with Crippen molar-refractivity contribution in [2.45, 2.75) is 26.7 Å². The Morgan fingerprint density at radius 1 is 1.25 bits per heavy atom. The van der Waals surface area contributed by atoms with E-state index >= 15 is 0 Å². The van der Waals surface area contributed by atoms with Gasteiger partial charge in [-0.15, -0.1) is 0 Å². The average molecular weight is 384 g/mol. The normalized spacial score (nSPS) is 24.8. The fourth-order valence-electron chi connectivity index (χ4n) is 4.93. The van der Waals surface area contributed by atoms with Gasteiger partial charge in [0.05, 0.1) is 5.69 Å². The van der Waals surface area contributed by atoms with Gasteiger partial charge in [0, 0.05) is 44.6 Å². The minimum Gasteiger partial charge on any atom is -0.481 e. The van der Waals surface area contributed by atoms with E-state index in [1.54, 1.807) is 4.68 Å². The van der Waals surface area contributed by atoms with Crippen LogP contribution in [0.2, 0.25) is 0 Å². The van der Waals surface area contributed by atoms with E-state index in [1.165, 1.54) is 0 Å². The molecular formula is C20H28N6O2. The third-order valence-electron chi connectivity index (χ3n) is 6.03. The highest BCUT2D eigenvalue weighted by molar-refractivity contribution is 5.66. The number of hydrogen-bond acceptors (Lipinski definition) is 6. The lowest BCUT2D eigenvalue weighted by Crippen LogP contribution is -2.36. The number of rotatable bonds is 7. The van der Waals surface area contributed by atoms with Crippen molar-refractivity contribution in [3.05, 3.63) is 30.3 Å². The number of anilines is 1. The molecule has 0 bridgehead atoms. The topological polar surface area (TPSA) is 87.4 Å². The van der Waals surface area contributed by atoms with Gasteiger partial charge < -0.3 is 14.9 Å². The third-order valence-corrected chi connectivity index (χ3v) is 6.03. The summed E-state index contributed by atoms with van der Waals surface area (Å²) in [6, 6.07) is 9.88. The van der Waals surface area contributed by atoms with Gasteiger partial charge in [0.15, 0.2) is 0 Å². The van der Waals surface area contributed by atoms with Crippen molar-refractivity contribution in [1.82, 2.24) is 25.1 Å². The largest absolute Gasteiger partial charge is 0.481 e. The maximum absolute atomic E-state index is 11.3. The molecular weight excluding hydrogens is 356 g/mol. The molecule has 2 fully saturated rings. The molecule has 0 spiro atoms. The van der Waals surface area contributed by atoms with Crippen molar-refractivity contribution in [3.63, 3.8) is 0 Å². The Kier molecular flexibility index (Phi) is 5.05. The monoisotopic (exact) mass is 384 g/mol. The summed E-state index contributed by atoms with van der Waals surface area (Å²) in [6.07, 6.45) is 0.911. The number of carboxylic acids is 1. The predicted octanol–water partition coefficient (Wildman–Crippen LogP) is 1.92. The first-order chi connectivity index (χ1) is 13.5. The van der Waals surface area contributed by atoms with Crippen LogP contribution in [0.1, 0.15) is 26.7 Å². The number of para-hydroxylation sites is 1. The van der Waals surface area contributed by atoms with Gasteiger partial charge in [-0.05, 0) is 40.8 Å². The van der Waals surface area contributed by atoms with Crippen molar-refractivity contribution < 1.29 is 9.90 Å². The Hall–Kier alpha value is -2.48. The second-order valence-corrected chi connectivity index (χ2v) is 8.65. The molecule has 28 heavy (non-hydrogen) atoms. The zero-order valence-corrected chi connectivity index (χ0v) is 16.5. The molecule has 1 N–H and O–H groups in total. The molecule has 0 saturated carbocycles. The zero-order chi connectivity index (χ0) is 19.7. The van der Waals surface area contributed by atoms with Crippen LogP contribution in [0.3, 0.4) is 0 Å². The molecule has 1 aromatic heterocycles. The van der Waals surface area contributed by atoms with Crippen LogP contribution in [0.25, 0.3) is 5.69 Å². The molecule has 3 heterocycles. The first-order valence-electron chi connectivity index (χ1n) is 10.00. The van der Waals surface area contributed by atoms with Crippen molar-refractivity contribution >= 4 is 11.9 Å². The maximum Gasteiger partial charge on any atom is 0.303 e. The predicted molar refractivity (Wildman–Crippen MR) is 105 cm³/mol. The summed E-state index contributed by atoms with van der Waals surface area (Å²) < 4.78 is 1.78. The zero-order valence-electron chi connectivity index (χ0n) is 16.5. The molecule has 0 amide bonds. The molecule has 0 aliphatic carbocycles. The Labute approximate surface area is 165 Å². The van der Waals surface area contributed by atoms with E-state index in [2.05, 4.69) is 39.2 Å². The molecule has 0 radical (unpaired) electrons. The van der Waals surface area contributed by atoms with Crippen LogP contribution in [0.5, 0.6) is 0 Å². The van der Waals surface area contributed by atoms with Gasteiger partial charge >= 0.3 is 5.97 Å². The Morgan fingerprint density at radius 2 is 2.04 bits per heavy atom. The lowest BCUT2D eigenvalue weighted by Gasteiger charge is -2.29. The summed E-state index contributed by atoms with van der Waals surface area (Å²) in [5, 5.41) is 21.7. The Morgan fingerprint density at radius 3 is 2.75 bits per heavy atom. The quantitative estimate of drug-likeness (QED) is 0.780. The molecule has 2 unspecified atom stereocenters. The molecule has 2 aliphatic heterocycles. The highest BCUT2D eigenvalue weighted by atomic mass is 16.4. The number of aliphatic carboxylic acids is 1. The summed E-state index contributed by atoms with van der Waals surface area (Å²) in [5.41, 5.74) is 0.918. The van der Waals surface area contributed by atoms with Crippen LogP contribution in [0.15, 0.2) is 30.3 Å². The van der Waals surface area contributed by atoms with E-state index in [0.717, 1.165) is 44.4 Å². The minimum absolute atomic E-state index is 0.0131. The fraction of sp³-hybridized carbons (Fsp3) is 0.600. The second kappa shape index (κ2) is 7.50. The van der Waals surface area contributed by atoms with Crippen molar-refractivity contribution in [1.29, 1.82) is 0 Å². The SMILES string of the molecule is CC(C)CN1CC2CN(c3nnnn3-c3ccccc3)CC2(CCC(=O)O)C1. The smallest absolute Gasteiger partial charge is 0.303 e. The van der Waals surface area contributed by atoms with Crippen LogP contribution in [-0.2, 0) is 4.79 Å². The molecule has 1 aromatic carbocycles. The number of carbonyl (C=O) groups is 1. The van der Waals surface area contributed by atoms with Crippen molar-refractivity contribution in [2.75, 3.05) is 37.6 Å². The number of carboxylic acid groups (broad SMARTS) is 1. The summed E-state index contributed by atoms with van der Waals surface area (Å²) in [4.78, 5) is 16.0. The molecule has 2 aromatic rings. The van der Waals surface area contributed by atoms with Crippen molar-refractivity contribution in [2.24, 2.45) is 17.3 Å². The molecule has 8 nitrogen and oxygen atoms in total. The fourth-order valence-corrected chi connectivity index (χ4v) is 4.93. The Balaban J connectivity index is 1.57. The van der Waals surface area contributed by atoms with E-state index < -0.39 is 5.97 Å². The highest BCUT2D eigenvalue weighted by Crippen LogP contribution is 2.47. The summed E-state index contributed by atoms with van der Waals surface area (Å²) in [5.74, 6) is 1.07. The van der Waals surface area contributed by atoms with Gasteiger partial charge in [0.1, 0.15) is 0 Å². The van der Waals surface area contributed by atoms with Gasteiger partial charge in [-0.3, -0.25) is 4.79 Å². The van der Waals surface area contributed by atoms with E-state index in [9.17, 15) is 9.90 Å². The number of hydrogen-bond donors (Lipinski definition) is 1. The number of nitrogens with zero attached hydrogens (tertiary/aromatic N) is 6. The number of likely N-dealkylation sites (tertiary alicyclic amines) is 1. The first-order valence-corrected chi connectivity index (χ1v) is 10.00. The summed E-state index contributed by atoms with van der Waals surface area (Å²) >= 11 is 0. The van der Waals surface area contributed by atoms with Crippen LogP contribution in [-0.4, -0.2) is 68.9 Å². The minimum atomic E-state index is -0.719. The van der Waals surface area contributed by atoms with Gasteiger partial charge in [-0.2, -0.15) is 4.68 Å². The molecule has 4 rings (SSSR count). The van der Waals surface area contributed by atoms with Gasteiger partial charge in [-0.1, -0.05) is 37.1 Å². The van der Waals surface area contributed by atoms with Crippen LogP contribution in [0.4, 0.5) is 5.95 Å². The maximum atomic E-state index is 11.3. The number of tetrazole rings is 1. The lowest BCUT2D eigenvalue weighted by atomic mass is 9.77. The third kappa shape index (κ3) is 3.61. The van der Waals surface area contributed by atoms with E-state index in [-0.39, 0.29) is 11.8 Å². The molecule has 2 saturated heterocycles.